The molecule has 4 aliphatic rings. The molecule has 0 unspecified atom stereocenters. The van der Waals surface area contributed by atoms with E-state index in [4.69, 9.17) is 4.74 Å². The minimum Gasteiger partial charge on any atom is -0.374 e. The normalized spacial score (nSPS) is 35.1. The number of ether oxygens (including phenoxy) is 1. The number of morpholine rings is 1. The van der Waals surface area contributed by atoms with Crippen LogP contribution in [-0.4, -0.2) is 92.3 Å². The summed E-state index contributed by atoms with van der Waals surface area (Å²) in [4.78, 5) is 4.99. The number of hydrogen-bond acceptors (Lipinski definition) is 5. The highest BCUT2D eigenvalue weighted by molar-refractivity contribution is 7.90. The van der Waals surface area contributed by atoms with Gasteiger partial charge in [0.25, 0.3) is 0 Å². The Hall–Kier alpha value is -0.210. The smallest absolute Gasteiger partial charge is 0.217 e. The SMILES string of the molecule is O=S(=O)(C1CC1)N1C[C@@H]2OCCN(CCN3CCCC3)[C@@H]2C1. The first-order chi connectivity index (χ1) is 10.6. The Labute approximate surface area is 133 Å². The Kier molecular flexibility index (Phi) is 4.19. The van der Waals surface area contributed by atoms with Gasteiger partial charge in [-0.05, 0) is 38.8 Å². The average molecular weight is 329 g/mol. The van der Waals surface area contributed by atoms with E-state index in [1.54, 1.807) is 4.31 Å². The van der Waals surface area contributed by atoms with E-state index < -0.39 is 10.0 Å². The third kappa shape index (κ3) is 2.94. The first kappa shape index (κ1) is 15.3. The van der Waals surface area contributed by atoms with Crippen molar-refractivity contribution in [1.29, 1.82) is 0 Å². The average Bonchev–Trinajstić information content (AvgIpc) is 3.08. The molecule has 0 radical (unpaired) electrons. The van der Waals surface area contributed by atoms with Crippen LogP contribution in [0.2, 0.25) is 0 Å². The van der Waals surface area contributed by atoms with Crippen molar-refractivity contribution in [2.24, 2.45) is 0 Å². The Morgan fingerprint density at radius 1 is 1.00 bits per heavy atom. The van der Waals surface area contributed by atoms with Crippen molar-refractivity contribution < 1.29 is 13.2 Å². The van der Waals surface area contributed by atoms with Gasteiger partial charge in [-0.25, -0.2) is 8.42 Å². The van der Waals surface area contributed by atoms with Gasteiger partial charge in [-0.15, -0.1) is 0 Å². The second-order valence-electron chi connectivity index (χ2n) is 7.12. The molecule has 0 aromatic heterocycles. The summed E-state index contributed by atoms with van der Waals surface area (Å²) in [7, 11) is -3.06. The Morgan fingerprint density at radius 3 is 2.50 bits per heavy atom. The molecule has 3 aliphatic heterocycles. The van der Waals surface area contributed by atoms with Crippen molar-refractivity contribution in [2.75, 3.05) is 52.4 Å². The molecule has 3 heterocycles. The van der Waals surface area contributed by atoms with Gasteiger partial charge in [0, 0.05) is 32.7 Å². The fraction of sp³-hybridized carbons (Fsp3) is 1.00. The van der Waals surface area contributed by atoms with Crippen LogP contribution in [0.15, 0.2) is 0 Å². The van der Waals surface area contributed by atoms with Crippen molar-refractivity contribution in [2.45, 2.75) is 43.1 Å². The zero-order valence-electron chi connectivity index (χ0n) is 13.2. The van der Waals surface area contributed by atoms with Gasteiger partial charge in [-0.1, -0.05) is 0 Å². The van der Waals surface area contributed by atoms with E-state index in [9.17, 15) is 8.42 Å². The molecule has 0 aromatic rings. The van der Waals surface area contributed by atoms with E-state index in [2.05, 4.69) is 9.80 Å². The fourth-order valence-electron chi connectivity index (χ4n) is 4.06. The molecule has 6 nitrogen and oxygen atoms in total. The summed E-state index contributed by atoms with van der Waals surface area (Å²) in [5.41, 5.74) is 0. The molecule has 2 atom stereocenters. The number of rotatable bonds is 5. The summed E-state index contributed by atoms with van der Waals surface area (Å²) >= 11 is 0. The Bertz CT molecular complexity index is 502. The minimum absolute atomic E-state index is 0.0702. The van der Waals surface area contributed by atoms with E-state index in [1.807, 2.05) is 0 Å². The van der Waals surface area contributed by atoms with Crippen LogP contribution in [0, 0.1) is 0 Å². The molecule has 22 heavy (non-hydrogen) atoms. The molecule has 0 bridgehead atoms. The zero-order chi connectivity index (χ0) is 15.2. The highest BCUT2D eigenvalue weighted by Crippen LogP contribution is 2.34. The molecule has 4 rings (SSSR count). The molecular formula is C15H27N3O3S. The third-order valence-electron chi connectivity index (χ3n) is 5.59. The number of nitrogens with zero attached hydrogens (tertiary/aromatic N) is 3. The topological polar surface area (TPSA) is 53.1 Å². The first-order valence-corrected chi connectivity index (χ1v) is 10.2. The lowest BCUT2D eigenvalue weighted by molar-refractivity contribution is -0.0485. The highest BCUT2D eigenvalue weighted by atomic mass is 32.2. The summed E-state index contributed by atoms with van der Waals surface area (Å²) in [6, 6.07) is 0.255. The van der Waals surface area contributed by atoms with Gasteiger partial charge in [0.05, 0.1) is 24.0 Å². The lowest BCUT2D eigenvalue weighted by Gasteiger charge is -2.37. The van der Waals surface area contributed by atoms with E-state index in [1.165, 1.54) is 25.9 Å². The van der Waals surface area contributed by atoms with Gasteiger partial charge in [0.2, 0.25) is 10.0 Å². The van der Waals surface area contributed by atoms with E-state index >= 15 is 0 Å². The lowest BCUT2D eigenvalue weighted by atomic mass is 10.1. The summed E-state index contributed by atoms with van der Waals surface area (Å²) in [5, 5.41) is -0.106. The molecule has 126 valence electrons. The maximum absolute atomic E-state index is 12.5. The number of sulfonamides is 1. The van der Waals surface area contributed by atoms with Gasteiger partial charge in [0.1, 0.15) is 0 Å². The first-order valence-electron chi connectivity index (χ1n) is 8.71. The molecular weight excluding hydrogens is 302 g/mol. The maximum atomic E-state index is 12.5. The van der Waals surface area contributed by atoms with Crippen LogP contribution in [0.5, 0.6) is 0 Å². The number of likely N-dealkylation sites (tertiary alicyclic amines) is 1. The molecule has 1 saturated carbocycles. The molecule has 4 fully saturated rings. The van der Waals surface area contributed by atoms with E-state index in [0.29, 0.717) is 13.1 Å². The van der Waals surface area contributed by atoms with Gasteiger partial charge >= 0.3 is 0 Å². The van der Waals surface area contributed by atoms with Crippen molar-refractivity contribution >= 4 is 10.0 Å². The van der Waals surface area contributed by atoms with E-state index in [0.717, 1.165) is 39.1 Å². The van der Waals surface area contributed by atoms with Crippen LogP contribution in [0.1, 0.15) is 25.7 Å². The van der Waals surface area contributed by atoms with Crippen molar-refractivity contribution in [3.8, 4) is 0 Å². The predicted octanol–water partition coefficient (Wildman–Crippen LogP) is -0.0406. The second-order valence-corrected chi connectivity index (χ2v) is 9.34. The Morgan fingerprint density at radius 2 is 1.77 bits per heavy atom. The van der Waals surface area contributed by atoms with Crippen molar-refractivity contribution in [3.63, 3.8) is 0 Å². The lowest BCUT2D eigenvalue weighted by Crippen LogP contribution is -2.52. The molecule has 7 heteroatoms. The molecule has 3 saturated heterocycles. The van der Waals surface area contributed by atoms with Crippen LogP contribution in [-0.2, 0) is 14.8 Å². The number of hydrogen-bond donors (Lipinski definition) is 0. The van der Waals surface area contributed by atoms with E-state index in [-0.39, 0.29) is 17.4 Å². The quantitative estimate of drug-likeness (QED) is 0.708. The molecule has 0 aromatic carbocycles. The maximum Gasteiger partial charge on any atom is 0.217 e. The van der Waals surface area contributed by atoms with Crippen molar-refractivity contribution in [1.82, 2.24) is 14.1 Å². The molecule has 0 N–H and O–H groups in total. The third-order valence-corrected chi connectivity index (χ3v) is 7.92. The van der Waals surface area contributed by atoms with Gasteiger partial charge in [-0.2, -0.15) is 4.31 Å². The molecule has 0 spiro atoms. The monoisotopic (exact) mass is 329 g/mol. The molecule has 1 aliphatic carbocycles. The van der Waals surface area contributed by atoms with Crippen LogP contribution in [0.3, 0.4) is 0 Å². The van der Waals surface area contributed by atoms with Gasteiger partial charge in [0.15, 0.2) is 0 Å². The standard InChI is InChI=1S/C15H27N3O3S/c19-22(20,13-3-4-13)18-11-14-15(12-18)21-10-9-17(14)8-7-16-5-1-2-6-16/h13-15H,1-12H2/t14-,15+/m1/s1. The van der Waals surface area contributed by atoms with Crippen molar-refractivity contribution in [3.05, 3.63) is 0 Å². The summed E-state index contributed by atoms with van der Waals surface area (Å²) in [5.74, 6) is 0. The predicted molar refractivity (Wildman–Crippen MR) is 84.3 cm³/mol. The van der Waals surface area contributed by atoms with Crippen LogP contribution in [0.4, 0.5) is 0 Å². The van der Waals surface area contributed by atoms with Crippen LogP contribution < -0.4 is 0 Å². The van der Waals surface area contributed by atoms with Crippen LogP contribution in [0.25, 0.3) is 0 Å². The zero-order valence-corrected chi connectivity index (χ0v) is 14.0. The summed E-state index contributed by atoms with van der Waals surface area (Å²) in [6.07, 6.45) is 4.40. The molecule has 0 amide bonds. The largest absolute Gasteiger partial charge is 0.374 e. The minimum atomic E-state index is -3.06. The van der Waals surface area contributed by atoms with Crippen LogP contribution >= 0.6 is 0 Å². The number of fused-ring (bicyclic) bond motifs is 1. The second kappa shape index (κ2) is 6.02. The Balaban J connectivity index is 1.38. The highest BCUT2D eigenvalue weighted by Gasteiger charge is 2.48. The van der Waals surface area contributed by atoms with Gasteiger partial charge < -0.3 is 9.64 Å². The van der Waals surface area contributed by atoms with Gasteiger partial charge in [-0.3, -0.25) is 4.90 Å². The summed E-state index contributed by atoms with van der Waals surface area (Å²) in [6.45, 7) is 7.46. The fourth-order valence-corrected chi connectivity index (χ4v) is 5.93. The summed E-state index contributed by atoms with van der Waals surface area (Å²) < 4.78 is 32.5.